The van der Waals surface area contributed by atoms with Crippen molar-refractivity contribution in [1.82, 2.24) is 9.97 Å². The first kappa shape index (κ1) is 12.3. The van der Waals surface area contributed by atoms with E-state index in [1.54, 1.807) is 0 Å². The smallest absolute Gasteiger partial charge is 0.345 e. The summed E-state index contributed by atoms with van der Waals surface area (Å²) in [4.78, 5) is 17.8. The third-order valence-corrected chi connectivity index (χ3v) is 2.42. The van der Waals surface area contributed by atoms with Crippen LogP contribution in [0.1, 0.15) is 5.69 Å². The maximum Gasteiger partial charge on any atom is 0.345 e. The lowest BCUT2D eigenvalue weighted by atomic mass is 10.1. The Bertz CT molecular complexity index is 576. The molecule has 1 aromatic heterocycles. The molecule has 1 aromatic carbocycles. The highest BCUT2D eigenvalue weighted by atomic mass is 16.5. The highest BCUT2D eigenvalue weighted by Crippen LogP contribution is 2.20. The Morgan fingerprint density at radius 2 is 2.06 bits per heavy atom. The summed E-state index contributed by atoms with van der Waals surface area (Å²) in [7, 11) is 0. The molecule has 2 aromatic rings. The Labute approximate surface area is 105 Å². The number of rotatable bonds is 4. The minimum absolute atomic E-state index is 0.339. The molecule has 0 amide bonds. The quantitative estimate of drug-likeness (QED) is 0.844. The van der Waals surface area contributed by atoms with Gasteiger partial charge in [0.15, 0.2) is 0 Å². The lowest BCUT2D eigenvalue weighted by molar-refractivity contribution is 0.328. The second kappa shape index (κ2) is 5.46. The first-order valence-electron chi connectivity index (χ1n) is 5.70. The van der Waals surface area contributed by atoms with Gasteiger partial charge in [0.2, 0.25) is 0 Å². The third-order valence-electron chi connectivity index (χ3n) is 2.42. The molecule has 0 saturated heterocycles. The number of nitrogens with one attached hydrogen (secondary N) is 1. The molecule has 5 heteroatoms. The maximum absolute atomic E-state index is 11.3. The van der Waals surface area contributed by atoms with Crippen LogP contribution < -0.4 is 16.2 Å². The van der Waals surface area contributed by atoms with Crippen LogP contribution in [0.25, 0.3) is 11.3 Å². The van der Waals surface area contributed by atoms with Gasteiger partial charge >= 0.3 is 5.69 Å². The Balaban J connectivity index is 2.25. The van der Waals surface area contributed by atoms with Gasteiger partial charge < -0.3 is 15.5 Å². The fourth-order valence-corrected chi connectivity index (χ4v) is 1.63. The number of hydrogen-bond acceptors (Lipinski definition) is 4. The van der Waals surface area contributed by atoms with Gasteiger partial charge in [0.05, 0.1) is 5.69 Å². The molecule has 0 radical (unpaired) electrons. The molecule has 0 atom stereocenters. The first-order valence-corrected chi connectivity index (χ1v) is 5.70. The van der Waals surface area contributed by atoms with E-state index in [1.807, 2.05) is 37.3 Å². The largest absolute Gasteiger partial charge is 0.492 e. The zero-order valence-corrected chi connectivity index (χ0v) is 10.1. The van der Waals surface area contributed by atoms with Crippen molar-refractivity contribution in [3.63, 3.8) is 0 Å². The van der Waals surface area contributed by atoms with E-state index < -0.39 is 0 Å². The average Bonchev–Trinajstić information content (AvgIpc) is 2.36. The van der Waals surface area contributed by atoms with Crippen molar-refractivity contribution in [3.8, 4) is 17.0 Å². The molecule has 0 unspecified atom stereocenters. The molecular weight excluding hydrogens is 230 g/mol. The summed E-state index contributed by atoms with van der Waals surface area (Å²) >= 11 is 0. The van der Waals surface area contributed by atoms with Crippen molar-refractivity contribution in [2.24, 2.45) is 5.73 Å². The Morgan fingerprint density at radius 3 is 2.67 bits per heavy atom. The first-order chi connectivity index (χ1) is 8.69. The van der Waals surface area contributed by atoms with Crippen LogP contribution in [0.2, 0.25) is 0 Å². The lowest BCUT2D eigenvalue weighted by Gasteiger charge is -2.05. The van der Waals surface area contributed by atoms with Crippen molar-refractivity contribution < 1.29 is 4.74 Å². The van der Waals surface area contributed by atoms with Gasteiger partial charge in [-0.2, -0.15) is 4.98 Å². The molecule has 0 bridgehead atoms. The van der Waals surface area contributed by atoms with Crippen LogP contribution in [0.4, 0.5) is 0 Å². The summed E-state index contributed by atoms with van der Waals surface area (Å²) in [5, 5.41) is 0. The summed E-state index contributed by atoms with van der Waals surface area (Å²) in [6.45, 7) is 2.80. The summed E-state index contributed by atoms with van der Waals surface area (Å²) in [6, 6.07) is 9.24. The molecule has 94 valence electrons. The van der Waals surface area contributed by atoms with E-state index in [1.165, 1.54) is 0 Å². The zero-order valence-electron chi connectivity index (χ0n) is 10.1. The molecule has 0 fully saturated rings. The highest BCUT2D eigenvalue weighted by molar-refractivity contribution is 5.59. The van der Waals surface area contributed by atoms with Crippen LogP contribution in [0.15, 0.2) is 35.1 Å². The number of nitrogens with zero attached hydrogens (tertiary/aromatic N) is 1. The fourth-order valence-electron chi connectivity index (χ4n) is 1.63. The number of aryl methyl sites for hydroxylation is 1. The van der Waals surface area contributed by atoms with E-state index >= 15 is 0 Å². The van der Waals surface area contributed by atoms with Gasteiger partial charge in [-0.1, -0.05) is 0 Å². The van der Waals surface area contributed by atoms with Gasteiger partial charge in [0, 0.05) is 17.8 Å². The van der Waals surface area contributed by atoms with Crippen LogP contribution in [-0.2, 0) is 0 Å². The zero-order chi connectivity index (χ0) is 13.0. The van der Waals surface area contributed by atoms with E-state index in [-0.39, 0.29) is 5.69 Å². The number of H-pyrrole nitrogens is 1. The third kappa shape index (κ3) is 2.95. The summed E-state index contributed by atoms with van der Waals surface area (Å²) < 4.78 is 5.38. The van der Waals surface area contributed by atoms with Crippen molar-refractivity contribution in [1.29, 1.82) is 0 Å². The highest BCUT2D eigenvalue weighted by Gasteiger charge is 2.02. The van der Waals surface area contributed by atoms with Crippen LogP contribution in [0, 0.1) is 6.92 Å². The van der Waals surface area contributed by atoms with Crippen molar-refractivity contribution >= 4 is 0 Å². The van der Waals surface area contributed by atoms with Crippen LogP contribution in [0.3, 0.4) is 0 Å². The van der Waals surface area contributed by atoms with E-state index in [9.17, 15) is 4.79 Å². The minimum Gasteiger partial charge on any atom is -0.492 e. The van der Waals surface area contributed by atoms with Crippen molar-refractivity contribution in [3.05, 3.63) is 46.5 Å². The van der Waals surface area contributed by atoms with E-state index in [0.29, 0.717) is 18.8 Å². The minimum atomic E-state index is -0.339. The van der Waals surface area contributed by atoms with Crippen LogP contribution in [-0.4, -0.2) is 23.1 Å². The Hall–Kier alpha value is -2.14. The lowest BCUT2D eigenvalue weighted by Crippen LogP contribution is -2.12. The van der Waals surface area contributed by atoms with Gasteiger partial charge in [-0.25, -0.2) is 4.79 Å². The van der Waals surface area contributed by atoms with Crippen LogP contribution >= 0.6 is 0 Å². The predicted octanol–water partition coefficient (Wildman–Crippen LogP) is 1.08. The molecule has 2 rings (SSSR count). The summed E-state index contributed by atoms with van der Waals surface area (Å²) in [6.07, 6.45) is 0. The predicted molar refractivity (Wildman–Crippen MR) is 69.6 cm³/mol. The van der Waals surface area contributed by atoms with Crippen molar-refractivity contribution in [2.75, 3.05) is 13.2 Å². The van der Waals surface area contributed by atoms with Gasteiger partial charge in [-0.15, -0.1) is 0 Å². The molecule has 5 nitrogen and oxygen atoms in total. The van der Waals surface area contributed by atoms with Gasteiger partial charge in [0.1, 0.15) is 12.4 Å². The molecule has 0 spiro atoms. The number of hydrogen-bond donors (Lipinski definition) is 2. The molecule has 0 aliphatic carbocycles. The van der Waals surface area contributed by atoms with Crippen molar-refractivity contribution in [2.45, 2.75) is 6.92 Å². The SMILES string of the molecule is Cc1cc(-c2ccc(OCCN)cc2)nc(=O)[nH]1. The number of nitrogens with two attached hydrogens (primary N) is 1. The molecule has 0 aliphatic rings. The average molecular weight is 245 g/mol. The fraction of sp³-hybridized carbons (Fsp3) is 0.231. The van der Waals surface area contributed by atoms with Crippen LogP contribution in [0.5, 0.6) is 5.75 Å². The van der Waals surface area contributed by atoms with Gasteiger partial charge in [-0.05, 0) is 37.3 Å². The number of ether oxygens (including phenoxy) is 1. The van der Waals surface area contributed by atoms with E-state index in [0.717, 1.165) is 17.0 Å². The molecule has 3 N–H and O–H groups in total. The van der Waals surface area contributed by atoms with E-state index in [2.05, 4.69) is 9.97 Å². The number of aromatic nitrogens is 2. The second-order valence-corrected chi connectivity index (χ2v) is 3.92. The summed E-state index contributed by atoms with van der Waals surface area (Å²) in [5.74, 6) is 0.755. The maximum atomic E-state index is 11.3. The normalized spacial score (nSPS) is 10.3. The molecule has 0 saturated carbocycles. The number of aromatic amines is 1. The number of benzene rings is 1. The molecule has 18 heavy (non-hydrogen) atoms. The Morgan fingerprint density at radius 1 is 1.33 bits per heavy atom. The standard InChI is InChI=1S/C13H15N3O2/c1-9-8-12(16-13(17)15-9)10-2-4-11(5-3-10)18-7-6-14/h2-5,8H,6-7,14H2,1H3,(H,15,16,17). The van der Waals surface area contributed by atoms with Gasteiger partial charge in [0.25, 0.3) is 0 Å². The Kier molecular flexibility index (Phi) is 3.74. The molecule has 1 heterocycles. The monoisotopic (exact) mass is 245 g/mol. The molecule has 0 aliphatic heterocycles. The topological polar surface area (TPSA) is 81.0 Å². The van der Waals surface area contributed by atoms with E-state index in [4.69, 9.17) is 10.5 Å². The van der Waals surface area contributed by atoms with Gasteiger partial charge in [-0.3, -0.25) is 0 Å². The second-order valence-electron chi connectivity index (χ2n) is 3.92. The molecular formula is C13H15N3O2. The summed E-state index contributed by atoms with van der Waals surface area (Å²) in [5.41, 5.74) is 7.34.